The molecule has 0 radical (unpaired) electrons. The second kappa shape index (κ2) is 3.87. The van der Waals surface area contributed by atoms with E-state index in [1.54, 1.807) is 0 Å². The Bertz CT molecular complexity index is 196. The zero-order valence-electron chi connectivity index (χ0n) is 10.3. The van der Waals surface area contributed by atoms with E-state index in [1.807, 2.05) is 0 Å². The molecule has 0 amide bonds. The third-order valence-corrected chi connectivity index (χ3v) is 5.30. The summed E-state index contributed by atoms with van der Waals surface area (Å²) in [4.78, 5) is 0. The van der Waals surface area contributed by atoms with E-state index in [2.05, 4.69) is 27.7 Å². The highest BCUT2D eigenvalue weighted by molar-refractivity contribution is 4.93. The van der Waals surface area contributed by atoms with E-state index in [9.17, 15) is 0 Å². The molecule has 6 atom stereocenters. The summed E-state index contributed by atoms with van der Waals surface area (Å²) < 4.78 is 0. The van der Waals surface area contributed by atoms with Crippen molar-refractivity contribution in [3.63, 3.8) is 0 Å². The Morgan fingerprint density at radius 3 is 1.93 bits per heavy atom. The van der Waals surface area contributed by atoms with Crippen LogP contribution in [-0.4, -0.2) is 0 Å². The first-order valence-corrected chi connectivity index (χ1v) is 6.63. The van der Waals surface area contributed by atoms with Crippen molar-refractivity contribution in [2.45, 2.75) is 53.4 Å². The summed E-state index contributed by atoms with van der Waals surface area (Å²) in [5.41, 5.74) is 0. The first-order valence-electron chi connectivity index (χ1n) is 6.63. The lowest BCUT2D eigenvalue weighted by Crippen LogP contribution is -2.30. The number of fused-ring (bicyclic) bond motifs is 1. The fourth-order valence-electron chi connectivity index (χ4n) is 4.37. The van der Waals surface area contributed by atoms with Gasteiger partial charge in [-0.15, -0.1) is 0 Å². The van der Waals surface area contributed by atoms with Crippen LogP contribution in [0.25, 0.3) is 0 Å². The molecule has 0 heterocycles. The number of rotatable bonds is 1. The maximum absolute atomic E-state index is 2.49. The highest BCUT2D eigenvalue weighted by atomic mass is 14.5. The Labute approximate surface area is 89.5 Å². The van der Waals surface area contributed by atoms with Crippen LogP contribution in [0.2, 0.25) is 0 Å². The van der Waals surface area contributed by atoms with Crippen molar-refractivity contribution in [3.8, 4) is 0 Å². The van der Waals surface area contributed by atoms with Crippen LogP contribution in [0.4, 0.5) is 0 Å². The first-order chi connectivity index (χ1) is 6.63. The molecule has 0 aromatic rings. The summed E-state index contributed by atoms with van der Waals surface area (Å²) in [5, 5.41) is 0. The molecule has 0 aromatic carbocycles. The van der Waals surface area contributed by atoms with Gasteiger partial charge in [-0.2, -0.15) is 0 Å². The second-order valence-corrected chi connectivity index (χ2v) is 6.13. The minimum Gasteiger partial charge on any atom is -0.0651 e. The monoisotopic (exact) mass is 194 g/mol. The van der Waals surface area contributed by atoms with Crippen molar-refractivity contribution >= 4 is 0 Å². The molecule has 14 heavy (non-hydrogen) atoms. The van der Waals surface area contributed by atoms with Crippen molar-refractivity contribution in [1.29, 1.82) is 0 Å². The fraction of sp³-hybridized carbons (Fsp3) is 1.00. The van der Waals surface area contributed by atoms with Gasteiger partial charge in [0.25, 0.3) is 0 Å². The SMILES string of the molecule is CCC1CC2C(C)CC(C)C2CC1C. The molecule has 0 bridgehead atoms. The van der Waals surface area contributed by atoms with Crippen LogP contribution >= 0.6 is 0 Å². The number of hydrogen-bond acceptors (Lipinski definition) is 0. The number of hydrogen-bond donors (Lipinski definition) is 0. The van der Waals surface area contributed by atoms with Crippen LogP contribution < -0.4 is 0 Å². The van der Waals surface area contributed by atoms with Crippen LogP contribution in [0.5, 0.6) is 0 Å². The molecule has 6 unspecified atom stereocenters. The van der Waals surface area contributed by atoms with Crippen molar-refractivity contribution in [2.75, 3.05) is 0 Å². The molecule has 0 heteroatoms. The third kappa shape index (κ3) is 1.61. The van der Waals surface area contributed by atoms with Crippen LogP contribution in [0, 0.1) is 35.5 Å². The summed E-state index contributed by atoms with van der Waals surface area (Å²) in [6.07, 6.45) is 5.96. The summed E-state index contributed by atoms with van der Waals surface area (Å²) >= 11 is 0. The van der Waals surface area contributed by atoms with Gasteiger partial charge in [0.1, 0.15) is 0 Å². The maximum atomic E-state index is 2.49. The van der Waals surface area contributed by atoms with Gasteiger partial charge in [-0.3, -0.25) is 0 Å². The topological polar surface area (TPSA) is 0 Å². The summed E-state index contributed by atoms with van der Waals surface area (Å²) in [6.45, 7) is 9.84. The van der Waals surface area contributed by atoms with Gasteiger partial charge < -0.3 is 0 Å². The maximum Gasteiger partial charge on any atom is -0.0355 e. The average molecular weight is 194 g/mol. The molecule has 0 nitrogen and oxygen atoms in total. The van der Waals surface area contributed by atoms with Gasteiger partial charge >= 0.3 is 0 Å². The molecule has 82 valence electrons. The van der Waals surface area contributed by atoms with Crippen LogP contribution in [-0.2, 0) is 0 Å². The molecule has 0 N–H and O–H groups in total. The Balaban J connectivity index is 2.08. The highest BCUT2D eigenvalue weighted by Crippen LogP contribution is 2.52. The standard InChI is InChI=1S/C14H26/c1-5-12-8-14-11(4)6-10(3)13(14)7-9(12)2/h9-14H,5-8H2,1-4H3. The smallest absolute Gasteiger partial charge is 0.0355 e. The summed E-state index contributed by atoms with van der Waals surface area (Å²) in [6, 6.07) is 0. The van der Waals surface area contributed by atoms with Gasteiger partial charge in [-0.1, -0.05) is 34.1 Å². The molecule has 2 aliphatic rings. The average Bonchev–Trinajstić information content (AvgIpc) is 2.41. The Kier molecular flexibility index (Phi) is 2.91. The molecular formula is C14H26. The zero-order valence-corrected chi connectivity index (χ0v) is 10.3. The molecular weight excluding hydrogens is 168 g/mol. The van der Waals surface area contributed by atoms with Crippen LogP contribution in [0.3, 0.4) is 0 Å². The van der Waals surface area contributed by atoms with Gasteiger partial charge in [0.2, 0.25) is 0 Å². The normalized spacial score (nSPS) is 53.1. The molecule has 0 aliphatic heterocycles. The lowest BCUT2D eigenvalue weighted by atomic mass is 9.66. The van der Waals surface area contributed by atoms with E-state index in [4.69, 9.17) is 0 Å². The molecule has 2 saturated carbocycles. The lowest BCUT2D eigenvalue weighted by molar-refractivity contribution is 0.107. The van der Waals surface area contributed by atoms with E-state index in [0.29, 0.717) is 0 Å². The molecule has 2 fully saturated rings. The van der Waals surface area contributed by atoms with Gasteiger partial charge in [0, 0.05) is 0 Å². The third-order valence-electron chi connectivity index (χ3n) is 5.30. The highest BCUT2D eigenvalue weighted by Gasteiger charge is 2.44. The minimum atomic E-state index is 0.994. The zero-order chi connectivity index (χ0) is 10.3. The quantitative estimate of drug-likeness (QED) is 0.582. The van der Waals surface area contributed by atoms with Gasteiger partial charge in [0.05, 0.1) is 0 Å². The van der Waals surface area contributed by atoms with Crippen LogP contribution in [0.15, 0.2) is 0 Å². The molecule has 0 saturated heterocycles. The van der Waals surface area contributed by atoms with Gasteiger partial charge in [-0.05, 0) is 54.8 Å². The summed E-state index contributed by atoms with van der Waals surface area (Å²) in [7, 11) is 0. The Morgan fingerprint density at radius 1 is 0.786 bits per heavy atom. The predicted molar refractivity (Wildman–Crippen MR) is 62.1 cm³/mol. The fourth-order valence-corrected chi connectivity index (χ4v) is 4.37. The first kappa shape index (κ1) is 10.5. The minimum absolute atomic E-state index is 0.994. The van der Waals surface area contributed by atoms with E-state index < -0.39 is 0 Å². The van der Waals surface area contributed by atoms with Gasteiger partial charge in [0.15, 0.2) is 0 Å². The predicted octanol–water partition coefficient (Wildman–Crippen LogP) is 4.35. The van der Waals surface area contributed by atoms with E-state index in [0.717, 1.165) is 35.5 Å². The Hall–Kier alpha value is 0. The van der Waals surface area contributed by atoms with Crippen molar-refractivity contribution in [2.24, 2.45) is 35.5 Å². The molecule has 2 rings (SSSR count). The lowest BCUT2D eigenvalue weighted by Gasteiger charge is -2.39. The van der Waals surface area contributed by atoms with Crippen LogP contribution in [0.1, 0.15) is 53.4 Å². The molecule has 0 aromatic heterocycles. The summed E-state index contributed by atoms with van der Waals surface area (Å²) in [5.74, 6) is 6.19. The van der Waals surface area contributed by atoms with E-state index in [1.165, 1.54) is 25.7 Å². The van der Waals surface area contributed by atoms with E-state index in [-0.39, 0.29) is 0 Å². The van der Waals surface area contributed by atoms with Crippen molar-refractivity contribution < 1.29 is 0 Å². The largest absolute Gasteiger partial charge is 0.0651 e. The van der Waals surface area contributed by atoms with E-state index >= 15 is 0 Å². The Morgan fingerprint density at radius 2 is 1.36 bits per heavy atom. The molecule has 2 aliphatic carbocycles. The van der Waals surface area contributed by atoms with Crippen molar-refractivity contribution in [3.05, 3.63) is 0 Å². The second-order valence-electron chi connectivity index (χ2n) is 6.13. The van der Waals surface area contributed by atoms with Crippen molar-refractivity contribution in [1.82, 2.24) is 0 Å². The molecule has 0 spiro atoms. The van der Waals surface area contributed by atoms with Gasteiger partial charge in [-0.25, -0.2) is 0 Å².